The Kier molecular flexibility index (Phi) is 5.17. The van der Waals surface area contributed by atoms with Gasteiger partial charge in [0.15, 0.2) is 5.82 Å². The van der Waals surface area contributed by atoms with Crippen LogP contribution in [0.1, 0.15) is 11.1 Å². The molecule has 10 heteroatoms. The lowest BCUT2D eigenvalue weighted by molar-refractivity contribution is -0.137. The highest BCUT2D eigenvalue weighted by molar-refractivity contribution is 6.31. The third-order valence-corrected chi connectivity index (χ3v) is 3.64. The summed E-state index contributed by atoms with van der Waals surface area (Å²) in [6.45, 7) is 0.486. The molecule has 1 aromatic carbocycles. The molecule has 3 aromatic rings. The molecule has 3 rings (SSSR count). The van der Waals surface area contributed by atoms with Gasteiger partial charge in [-0.25, -0.2) is 0 Å². The molecule has 2 aromatic heterocycles. The Morgan fingerprint density at radius 1 is 1.08 bits per heavy atom. The fourth-order valence-electron chi connectivity index (χ4n) is 2.08. The van der Waals surface area contributed by atoms with E-state index >= 15 is 0 Å². The van der Waals surface area contributed by atoms with Gasteiger partial charge in [0.25, 0.3) is 0 Å². The highest BCUT2D eigenvalue weighted by atomic mass is 35.5. The summed E-state index contributed by atoms with van der Waals surface area (Å²) >= 11 is 5.60. The molecule has 26 heavy (non-hydrogen) atoms. The molecule has 134 valence electrons. The maximum absolute atomic E-state index is 12.9. The second kappa shape index (κ2) is 7.52. The Labute approximate surface area is 151 Å². The molecular formula is C16H12ClF3N6. The van der Waals surface area contributed by atoms with E-state index < -0.39 is 11.7 Å². The SMILES string of the molecule is FC(F)(F)c1cc(Nc2nncc(NCc3ccncc3)n2)ccc1Cl. The molecule has 2 N–H and O–H groups in total. The van der Waals surface area contributed by atoms with E-state index in [4.69, 9.17) is 11.6 Å². The molecular weight excluding hydrogens is 369 g/mol. The van der Waals surface area contributed by atoms with E-state index in [2.05, 4.69) is 30.8 Å². The summed E-state index contributed by atoms with van der Waals surface area (Å²) in [6, 6.07) is 7.13. The summed E-state index contributed by atoms with van der Waals surface area (Å²) in [5, 5.41) is 12.9. The standard InChI is InChI=1S/C16H12ClF3N6/c17-13-2-1-11(7-12(13)16(18,19)20)24-15-25-14(9-23-26-15)22-8-10-3-5-21-6-4-10/h1-7,9H,8H2,(H2,22,24,25,26). The Hall–Kier alpha value is -2.94. The summed E-state index contributed by atoms with van der Waals surface area (Å²) in [5.74, 6) is 0.476. The molecule has 0 fully saturated rings. The monoisotopic (exact) mass is 380 g/mol. The third-order valence-electron chi connectivity index (χ3n) is 3.31. The smallest absolute Gasteiger partial charge is 0.365 e. The van der Waals surface area contributed by atoms with Crippen LogP contribution in [0.25, 0.3) is 0 Å². The van der Waals surface area contributed by atoms with Gasteiger partial charge in [-0.1, -0.05) is 11.6 Å². The van der Waals surface area contributed by atoms with Crippen LogP contribution in [0.15, 0.2) is 48.9 Å². The zero-order valence-electron chi connectivity index (χ0n) is 13.1. The average Bonchev–Trinajstić information content (AvgIpc) is 2.62. The van der Waals surface area contributed by atoms with E-state index in [-0.39, 0.29) is 16.7 Å². The van der Waals surface area contributed by atoms with Crippen molar-refractivity contribution < 1.29 is 13.2 Å². The van der Waals surface area contributed by atoms with Crippen LogP contribution >= 0.6 is 11.6 Å². The largest absolute Gasteiger partial charge is 0.417 e. The Balaban J connectivity index is 1.73. The molecule has 0 saturated heterocycles. The number of nitrogens with zero attached hydrogens (tertiary/aromatic N) is 4. The van der Waals surface area contributed by atoms with Crippen LogP contribution < -0.4 is 10.6 Å². The lowest BCUT2D eigenvalue weighted by Crippen LogP contribution is -2.08. The number of hydrogen-bond donors (Lipinski definition) is 2. The van der Waals surface area contributed by atoms with Gasteiger partial charge in [-0.3, -0.25) is 4.98 Å². The minimum absolute atomic E-state index is 0.0557. The highest BCUT2D eigenvalue weighted by Crippen LogP contribution is 2.36. The zero-order chi connectivity index (χ0) is 18.6. The molecule has 6 nitrogen and oxygen atoms in total. The molecule has 0 bridgehead atoms. The number of halogens is 4. The van der Waals surface area contributed by atoms with Crippen molar-refractivity contribution in [3.63, 3.8) is 0 Å². The molecule has 0 aliphatic carbocycles. The summed E-state index contributed by atoms with van der Waals surface area (Å²) in [4.78, 5) is 8.10. The maximum atomic E-state index is 12.9. The highest BCUT2D eigenvalue weighted by Gasteiger charge is 2.33. The minimum Gasteiger partial charge on any atom is -0.365 e. The predicted octanol–water partition coefficient (Wildman–Crippen LogP) is 4.29. The average molecular weight is 381 g/mol. The van der Waals surface area contributed by atoms with E-state index in [1.807, 2.05) is 12.1 Å². The van der Waals surface area contributed by atoms with Crippen molar-refractivity contribution in [3.05, 3.63) is 65.1 Å². The van der Waals surface area contributed by atoms with Gasteiger partial charge in [0.1, 0.15) is 0 Å². The van der Waals surface area contributed by atoms with E-state index in [0.29, 0.717) is 12.4 Å². The first-order chi connectivity index (χ1) is 12.4. The number of nitrogens with one attached hydrogen (secondary N) is 2. The minimum atomic E-state index is -4.55. The molecule has 0 radical (unpaired) electrons. The fourth-order valence-corrected chi connectivity index (χ4v) is 2.31. The van der Waals surface area contributed by atoms with Gasteiger partial charge in [-0.05, 0) is 35.9 Å². The number of pyridine rings is 1. The summed E-state index contributed by atoms with van der Waals surface area (Å²) < 4.78 is 38.8. The number of benzene rings is 1. The first-order valence-electron chi connectivity index (χ1n) is 7.38. The first kappa shape index (κ1) is 17.9. The molecule has 0 spiro atoms. The van der Waals surface area contributed by atoms with Crippen LogP contribution in [0.3, 0.4) is 0 Å². The van der Waals surface area contributed by atoms with Crippen molar-refractivity contribution in [1.82, 2.24) is 20.2 Å². The van der Waals surface area contributed by atoms with Crippen LogP contribution in [0.2, 0.25) is 5.02 Å². The van der Waals surface area contributed by atoms with Gasteiger partial charge in [0.05, 0.1) is 16.8 Å². The number of aromatic nitrogens is 4. The summed E-state index contributed by atoms with van der Waals surface area (Å²) in [7, 11) is 0. The Morgan fingerprint density at radius 2 is 1.85 bits per heavy atom. The summed E-state index contributed by atoms with van der Waals surface area (Å²) in [5.41, 5.74) is 0.194. The fraction of sp³-hybridized carbons (Fsp3) is 0.125. The van der Waals surface area contributed by atoms with Gasteiger partial charge < -0.3 is 10.6 Å². The molecule has 0 aliphatic heterocycles. The van der Waals surface area contributed by atoms with Crippen molar-refractivity contribution in [1.29, 1.82) is 0 Å². The van der Waals surface area contributed by atoms with Crippen LogP contribution in [-0.4, -0.2) is 20.2 Å². The van der Waals surface area contributed by atoms with Crippen LogP contribution in [-0.2, 0) is 12.7 Å². The van der Waals surface area contributed by atoms with E-state index in [1.54, 1.807) is 12.4 Å². The van der Waals surface area contributed by atoms with Gasteiger partial charge >= 0.3 is 6.18 Å². The molecule has 0 unspecified atom stereocenters. The Morgan fingerprint density at radius 3 is 2.58 bits per heavy atom. The summed E-state index contributed by atoms with van der Waals surface area (Å²) in [6.07, 6.45) is 0.194. The molecule has 0 atom stereocenters. The number of anilines is 3. The van der Waals surface area contributed by atoms with Crippen molar-refractivity contribution in [2.24, 2.45) is 0 Å². The molecule has 0 saturated carbocycles. The van der Waals surface area contributed by atoms with Crippen molar-refractivity contribution in [3.8, 4) is 0 Å². The van der Waals surface area contributed by atoms with Crippen LogP contribution in [0, 0.1) is 0 Å². The van der Waals surface area contributed by atoms with Crippen LogP contribution in [0.5, 0.6) is 0 Å². The van der Waals surface area contributed by atoms with E-state index in [1.165, 1.54) is 12.3 Å². The molecule has 0 amide bonds. The van der Waals surface area contributed by atoms with E-state index in [9.17, 15) is 13.2 Å². The second-order valence-corrected chi connectivity index (χ2v) is 5.60. The van der Waals surface area contributed by atoms with Crippen molar-refractivity contribution in [2.45, 2.75) is 12.7 Å². The number of hydrogen-bond acceptors (Lipinski definition) is 6. The molecule has 2 heterocycles. The van der Waals surface area contributed by atoms with Gasteiger partial charge in [-0.15, -0.1) is 5.10 Å². The van der Waals surface area contributed by atoms with Crippen molar-refractivity contribution >= 4 is 29.1 Å². The molecule has 0 aliphatic rings. The quantitative estimate of drug-likeness (QED) is 0.687. The first-order valence-corrected chi connectivity index (χ1v) is 7.76. The van der Waals surface area contributed by atoms with E-state index in [0.717, 1.165) is 17.7 Å². The lowest BCUT2D eigenvalue weighted by atomic mass is 10.2. The maximum Gasteiger partial charge on any atom is 0.417 e. The lowest BCUT2D eigenvalue weighted by Gasteiger charge is -2.12. The Bertz CT molecular complexity index is 889. The van der Waals surface area contributed by atoms with Crippen LogP contribution in [0.4, 0.5) is 30.6 Å². The number of alkyl halides is 3. The zero-order valence-corrected chi connectivity index (χ0v) is 13.9. The van der Waals surface area contributed by atoms with Gasteiger partial charge in [0.2, 0.25) is 5.95 Å². The van der Waals surface area contributed by atoms with Crippen molar-refractivity contribution in [2.75, 3.05) is 10.6 Å². The van der Waals surface area contributed by atoms with Gasteiger partial charge in [-0.2, -0.15) is 23.3 Å². The normalized spacial score (nSPS) is 11.2. The third kappa shape index (κ3) is 4.57. The van der Waals surface area contributed by atoms with Gasteiger partial charge in [0, 0.05) is 24.6 Å². The second-order valence-electron chi connectivity index (χ2n) is 5.19. The topological polar surface area (TPSA) is 75.6 Å². The number of rotatable bonds is 5. The predicted molar refractivity (Wildman–Crippen MR) is 91.1 cm³/mol.